The van der Waals surface area contributed by atoms with E-state index in [1.54, 1.807) is 0 Å². The van der Waals surface area contributed by atoms with Gasteiger partial charge in [0.2, 0.25) is 0 Å². The van der Waals surface area contributed by atoms with Gasteiger partial charge >= 0.3 is 5.97 Å². The van der Waals surface area contributed by atoms with E-state index in [1.165, 1.54) is 0 Å². The van der Waals surface area contributed by atoms with Gasteiger partial charge in [0.05, 0.1) is 5.57 Å². The molecule has 0 unspecified atom stereocenters. The average Bonchev–Trinajstić information content (AvgIpc) is 2.09. The van der Waals surface area contributed by atoms with E-state index >= 15 is 0 Å². The fourth-order valence-corrected chi connectivity index (χ4v) is 0.911. The summed E-state index contributed by atoms with van der Waals surface area (Å²) in [5, 5.41) is 17.6. The molecule has 1 aromatic rings. The van der Waals surface area contributed by atoms with E-state index in [-0.39, 0.29) is 0 Å². The maximum absolute atomic E-state index is 12.7. The minimum atomic E-state index is -1.45. The first-order valence-corrected chi connectivity index (χ1v) is 3.54. The molecule has 1 aromatic carbocycles. The number of phenolic OH excluding ortho intramolecular Hbond substituents is 1. The summed E-state index contributed by atoms with van der Waals surface area (Å²) >= 11 is 0. The summed E-state index contributed by atoms with van der Waals surface area (Å²) in [6.45, 7) is 3.07. The molecule has 0 aliphatic carbocycles. The largest absolute Gasteiger partial charge is 0.504 e. The SMILES string of the molecule is C=C(C(=O)O)c1cc(F)cc(F)c1O. The Morgan fingerprint density at radius 3 is 2.43 bits per heavy atom. The summed E-state index contributed by atoms with van der Waals surface area (Å²) in [7, 11) is 0. The van der Waals surface area contributed by atoms with Crippen LogP contribution in [0.4, 0.5) is 8.78 Å². The van der Waals surface area contributed by atoms with E-state index in [0.29, 0.717) is 12.1 Å². The molecule has 0 spiro atoms. The zero-order chi connectivity index (χ0) is 10.9. The Bertz CT molecular complexity index is 413. The van der Waals surface area contributed by atoms with Crippen LogP contribution in [0.1, 0.15) is 5.56 Å². The molecule has 0 atom stereocenters. The summed E-state index contributed by atoms with van der Waals surface area (Å²) in [4.78, 5) is 10.4. The highest BCUT2D eigenvalue weighted by molar-refractivity contribution is 6.15. The van der Waals surface area contributed by atoms with Gasteiger partial charge in [-0.1, -0.05) is 6.58 Å². The van der Waals surface area contributed by atoms with Crippen molar-refractivity contribution in [2.75, 3.05) is 0 Å². The Morgan fingerprint density at radius 1 is 1.36 bits per heavy atom. The molecule has 74 valence electrons. The molecule has 3 nitrogen and oxygen atoms in total. The third-order valence-electron chi connectivity index (χ3n) is 1.61. The molecule has 0 saturated carbocycles. The van der Waals surface area contributed by atoms with Gasteiger partial charge in [0.15, 0.2) is 11.6 Å². The van der Waals surface area contributed by atoms with Gasteiger partial charge in [-0.3, -0.25) is 0 Å². The highest BCUT2D eigenvalue weighted by atomic mass is 19.1. The van der Waals surface area contributed by atoms with E-state index in [4.69, 9.17) is 10.2 Å². The molecule has 0 amide bonds. The van der Waals surface area contributed by atoms with Crippen LogP contribution in [0.3, 0.4) is 0 Å². The Kier molecular flexibility index (Phi) is 2.51. The molecule has 0 heterocycles. The second-order valence-corrected chi connectivity index (χ2v) is 2.57. The second-order valence-electron chi connectivity index (χ2n) is 2.57. The first-order valence-electron chi connectivity index (χ1n) is 3.54. The zero-order valence-electron chi connectivity index (χ0n) is 6.92. The number of aromatic hydroxyl groups is 1. The van der Waals surface area contributed by atoms with Crippen LogP contribution in [0.5, 0.6) is 5.75 Å². The second kappa shape index (κ2) is 3.45. The van der Waals surface area contributed by atoms with Gasteiger partial charge in [0, 0.05) is 11.6 Å². The van der Waals surface area contributed by atoms with Crippen LogP contribution in [0.2, 0.25) is 0 Å². The predicted molar refractivity (Wildman–Crippen MR) is 44.7 cm³/mol. The van der Waals surface area contributed by atoms with Crippen LogP contribution < -0.4 is 0 Å². The van der Waals surface area contributed by atoms with E-state index in [9.17, 15) is 13.6 Å². The number of hydrogen-bond donors (Lipinski definition) is 2. The number of carbonyl (C=O) groups is 1. The number of aliphatic carboxylic acids is 1. The van der Waals surface area contributed by atoms with E-state index in [1.807, 2.05) is 0 Å². The summed E-state index contributed by atoms with van der Waals surface area (Å²) in [5.74, 6) is -4.57. The molecule has 5 heteroatoms. The number of phenols is 1. The topological polar surface area (TPSA) is 57.5 Å². The Hall–Kier alpha value is -1.91. The van der Waals surface area contributed by atoms with Crippen molar-refractivity contribution in [2.24, 2.45) is 0 Å². The van der Waals surface area contributed by atoms with Crippen molar-refractivity contribution in [3.63, 3.8) is 0 Å². The summed E-state index contributed by atoms with van der Waals surface area (Å²) in [5.41, 5.74) is -1.03. The van der Waals surface area contributed by atoms with Crippen LogP contribution in [-0.2, 0) is 4.79 Å². The molecular formula is C9H6F2O3. The minimum Gasteiger partial charge on any atom is -0.504 e. The Balaban J connectivity index is 3.34. The lowest BCUT2D eigenvalue weighted by Gasteiger charge is -2.04. The van der Waals surface area contributed by atoms with Crippen molar-refractivity contribution < 1.29 is 23.8 Å². The molecule has 0 aliphatic heterocycles. The lowest BCUT2D eigenvalue weighted by molar-refractivity contribution is -0.130. The number of carboxylic acids is 1. The van der Waals surface area contributed by atoms with Crippen LogP contribution in [0.15, 0.2) is 18.7 Å². The van der Waals surface area contributed by atoms with Crippen LogP contribution in [0, 0.1) is 11.6 Å². The summed E-state index contributed by atoms with van der Waals surface area (Å²) in [6.07, 6.45) is 0. The molecule has 1 rings (SSSR count). The lowest BCUT2D eigenvalue weighted by atomic mass is 10.1. The van der Waals surface area contributed by atoms with E-state index in [2.05, 4.69) is 6.58 Å². The number of rotatable bonds is 2. The fraction of sp³-hybridized carbons (Fsp3) is 0. The van der Waals surface area contributed by atoms with E-state index < -0.39 is 34.5 Å². The zero-order valence-corrected chi connectivity index (χ0v) is 6.92. The van der Waals surface area contributed by atoms with Gasteiger partial charge in [0.1, 0.15) is 5.82 Å². The highest BCUT2D eigenvalue weighted by Crippen LogP contribution is 2.28. The standard InChI is InChI=1S/C9H6F2O3/c1-4(9(13)14)6-2-5(10)3-7(11)8(6)12/h2-3,12H,1H2,(H,13,14). The Labute approximate surface area is 77.9 Å². The monoisotopic (exact) mass is 200 g/mol. The van der Waals surface area contributed by atoms with Gasteiger partial charge < -0.3 is 10.2 Å². The molecule has 0 radical (unpaired) electrons. The van der Waals surface area contributed by atoms with Gasteiger partial charge in [-0.15, -0.1) is 0 Å². The van der Waals surface area contributed by atoms with E-state index in [0.717, 1.165) is 0 Å². The van der Waals surface area contributed by atoms with Crippen LogP contribution >= 0.6 is 0 Å². The third kappa shape index (κ3) is 1.71. The van der Waals surface area contributed by atoms with Crippen LogP contribution in [0.25, 0.3) is 5.57 Å². The average molecular weight is 200 g/mol. The highest BCUT2D eigenvalue weighted by Gasteiger charge is 2.16. The number of carboxylic acid groups (broad SMARTS) is 1. The third-order valence-corrected chi connectivity index (χ3v) is 1.61. The van der Waals surface area contributed by atoms with Crippen molar-refractivity contribution in [1.29, 1.82) is 0 Å². The van der Waals surface area contributed by atoms with Crippen molar-refractivity contribution >= 4 is 11.5 Å². The fourth-order valence-electron chi connectivity index (χ4n) is 0.911. The Morgan fingerprint density at radius 2 is 1.93 bits per heavy atom. The quantitative estimate of drug-likeness (QED) is 0.715. The number of halogens is 2. The maximum Gasteiger partial charge on any atom is 0.335 e. The minimum absolute atomic E-state index is 0.452. The molecule has 0 aliphatic rings. The van der Waals surface area contributed by atoms with Gasteiger partial charge in [-0.25, -0.2) is 13.6 Å². The molecule has 0 saturated heterocycles. The molecule has 2 N–H and O–H groups in total. The van der Waals surface area contributed by atoms with Crippen LogP contribution in [-0.4, -0.2) is 16.2 Å². The van der Waals surface area contributed by atoms with Crippen molar-refractivity contribution in [3.8, 4) is 5.75 Å². The van der Waals surface area contributed by atoms with Gasteiger partial charge in [-0.05, 0) is 6.07 Å². The van der Waals surface area contributed by atoms with Crippen molar-refractivity contribution in [2.45, 2.75) is 0 Å². The summed E-state index contributed by atoms with van der Waals surface area (Å²) < 4.78 is 25.4. The normalized spacial score (nSPS) is 9.86. The van der Waals surface area contributed by atoms with Gasteiger partial charge in [0.25, 0.3) is 0 Å². The lowest BCUT2D eigenvalue weighted by Crippen LogP contribution is -2.00. The molecule has 14 heavy (non-hydrogen) atoms. The molecular weight excluding hydrogens is 194 g/mol. The predicted octanol–water partition coefficient (Wildman–Crippen LogP) is 1.77. The first kappa shape index (κ1) is 10.2. The molecule has 0 fully saturated rings. The number of hydrogen-bond acceptors (Lipinski definition) is 2. The molecule has 0 aromatic heterocycles. The van der Waals surface area contributed by atoms with Crippen molar-refractivity contribution in [3.05, 3.63) is 35.9 Å². The number of benzene rings is 1. The smallest absolute Gasteiger partial charge is 0.335 e. The van der Waals surface area contributed by atoms with Crippen molar-refractivity contribution in [1.82, 2.24) is 0 Å². The maximum atomic E-state index is 12.7. The van der Waals surface area contributed by atoms with Gasteiger partial charge in [-0.2, -0.15) is 0 Å². The summed E-state index contributed by atoms with van der Waals surface area (Å²) in [6, 6.07) is 1.16. The first-order chi connectivity index (χ1) is 6.43. The molecule has 0 bridgehead atoms.